The van der Waals surface area contributed by atoms with Crippen molar-refractivity contribution in [2.45, 2.75) is 6.61 Å². The summed E-state index contributed by atoms with van der Waals surface area (Å²) in [6, 6.07) is 5.48. The molecular weight excluding hydrogens is 162 g/mol. The second-order valence-corrected chi connectivity index (χ2v) is 2.79. The highest BCUT2D eigenvalue weighted by Crippen LogP contribution is 2.26. The van der Waals surface area contributed by atoms with E-state index < -0.39 is 0 Å². The van der Waals surface area contributed by atoms with Crippen LogP contribution in [0.1, 0.15) is 11.1 Å². The van der Waals surface area contributed by atoms with Gasteiger partial charge in [-0.15, -0.1) is 0 Å². The van der Waals surface area contributed by atoms with Gasteiger partial charge in [-0.2, -0.15) is 0 Å². The van der Waals surface area contributed by atoms with Crippen LogP contribution in [0.3, 0.4) is 0 Å². The van der Waals surface area contributed by atoms with Crippen molar-refractivity contribution in [2.75, 3.05) is 0 Å². The molecule has 1 aromatic carbocycles. The van der Waals surface area contributed by atoms with E-state index in [0.29, 0.717) is 11.6 Å². The summed E-state index contributed by atoms with van der Waals surface area (Å²) in [4.78, 5) is 0. The molecule has 1 aromatic rings. The van der Waals surface area contributed by atoms with Crippen molar-refractivity contribution < 1.29 is 4.74 Å². The molecule has 0 amide bonds. The fraction of sp³-hybridized carbons (Fsp3) is 0.125. The second kappa shape index (κ2) is 2.24. The monoisotopic (exact) mass is 167 g/mol. The summed E-state index contributed by atoms with van der Waals surface area (Å²) in [6.45, 7) is 0.438. The van der Waals surface area contributed by atoms with E-state index in [9.17, 15) is 0 Å². The van der Waals surface area contributed by atoms with Gasteiger partial charge in [0.05, 0.1) is 0 Å². The first kappa shape index (κ1) is 6.68. The van der Waals surface area contributed by atoms with Gasteiger partial charge in [0, 0.05) is 16.1 Å². The van der Waals surface area contributed by atoms with Crippen molar-refractivity contribution in [1.82, 2.24) is 0 Å². The van der Waals surface area contributed by atoms with Crippen LogP contribution in [-0.2, 0) is 11.3 Å². The molecule has 3 heteroatoms. The number of hydrogen-bond donors (Lipinski definition) is 1. The van der Waals surface area contributed by atoms with E-state index in [4.69, 9.17) is 21.7 Å². The smallest absolute Gasteiger partial charge is 0.214 e. The van der Waals surface area contributed by atoms with E-state index >= 15 is 0 Å². The molecule has 1 heterocycles. The Morgan fingerprint density at radius 2 is 2.27 bits per heavy atom. The van der Waals surface area contributed by atoms with Crippen LogP contribution < -0.4 is 0 Å². The van der Waals surface area contributed by atoms with E-state index in [1.54, 1.807) is 0 Å². The first-order chi connectivity index (χ1) is 5.29. The Labute approximate surface area is 69.3 Å². The standard InChI is InChI=1S/C8H6ClNO/c9-7-3-1-2-5-6(7)4-11-8(5)10/h1-3,10H,4H2. The summed E-state index contributed by atoms with van der Waals surface area (Å²) in [7, 11) is 0. The molecule has 0 atom stereocenters. The molecule has 0 aromatic heterocycles. The predicted octanol–water partition coefficient (Wildman–Crippen LogP) is 2.20. The van der Waals surface area contributed by atoms with Gasteiger partial charge >= 0.3 is 0 Å². The molecule has 1 aliphatic heterocycles. The van der Waals surface area contributed by atoms with Gasteiger partial charge in [-0.1, -0.05) is 17.7 Å². The average Bonchev–Trinajstić information content (AvgIpc) is 2.35. The van der Waals surface area contributed by atoms with Gasteiger partial charge in [0.15, 0.2) is 0 Å². The van der Waals surface area contributed by atoms with Crippen molar-refractivity contribution in [3.8, 4) is 0 Å². The Balaban J connectivity index is 2.66. The van der Waals surface area contributed by atoms with Crippen LogP contribution in [0.25, 0.3) is 0 Å². The van der Waals surface area contributed by atoms with Gasteiger partial charge in [-0.3, -0.25) is 5.41 Å². The number of ether oxygens (including phenoxy) is 1. The number of rotatable bonds is 0. The Morgan fingerprint density at radius 1 is 1.45 bits per heavy atom. The quantitative estimate of drug-likeness (QED) is 0.632. The Bertz CT molecular complexity index is 322. The molecule has 0 bridgehead atoms. The van der Waals surface area contributed by atoms with Crippen molar-refractivity contribution in [3.05, 3.63) is 34.3 Å². The minimum absolute atomic E-state index is 0.225. The summed E-state index contributed by atoms with van der Waals surface area (Å²) in [5.41, 5.74) is 1.75. The third-order valence-corrected chi connectivity index (χ3v) is 2.08. The van der Waals surface area contributed by atoms with E-state index in [0.717, 1.165) is 11.1 Å². The third-order valence-electron chi connectivity index (χ3n) is 1.72. The number of nitrogens with one attached hydrogen (secondary N) is 1. The highest BCUT2D eigenvalue weighted by Gasteiger charge is 2.19. The molecule has 2 nitrogen and oxygen atoms in total. The van der Waals surface area contributed by atoms with Gasteiger partial charge < -0.3 is 4.74 Å². The van der Waals surface area contributed by atoms with E-state index in [2.05, 4.69) is 0 Å². The largest absolute Gasteiger partial charge is 0.473 e. The van der Waals surface area contributed by atoms with E-state index in [-0.39, 0.29) is 5.90 Å². The van der Waals surface area contributed by atoms with Crippen LogP contribution in [0.15, 0.2) is 18.2 Å². The van der Waals surface area contributed by atoms with E-state index in [1.807, 2.05) is 18.2 Å². The molecule has 0 aliphatic carbocycles. The molecule has 0 saturated carbocycles. The highest BCUT2D eigenvalue weighted by molar-refractivity contribution is 6.32. The fourth-order valence-corrected chi connectivity index (χ4v) is 1.37. The molecule has 0 saturated heterocycles. The van der Waals surface area contributed by atoms with Crippen molar-refractivity contribution in [2.24, 2.45) is 0 Å². The Morgan fingerprint density at radius 3 is 3.00 bits per heavy atom. The molecular formula is C8H6ClNO. The lowest BCUT2D eigenvalue weighted by Crippen LogP contribution is -1.92. The SMILES string of the molecule is N=C1OCc2c(Cl)cccc21. The molecule has 1 aliphatic rings. The van der Waals surface area contributed by atoms with Crippen LogP contribution in [-0.4, -0.2) is 5.90 Å². The molecule has 1 N–H and O–H groups in total. The zero-order valence-electron chi connectivity index (χ0n) is 5.73. The molecule has 2 rings (SSSR count). The topological polar surface area (TPSA) is 33.1 Å². The van der Waals surface area contributed by atoms with Crippen LogP contribution in [0.2, 0.25) is 5.02 Å². The first-order valence-corrected chi connectivity index (χ1v) is 3.66. The lowest BCUT2D eigenvalue weighted by molar-refractivity contribution is 0.310. The number of halogens is 1. The molecule has 11 heavy (non-hydrogen) atoms. The van der Waals surface area contributed by atoms with Crippen LogP contribution in [0, 0.1) is 5.41 Å². The minimum atomic E-state index is 0.225. The van der Waals surface area contributed by atoms with Gasteiger partial charge in [0.25, 0.3) is 0 Å². The molecule has 56 valence electrons. The van der Waals surface area contributed by atoms with Crippen molar-refractivity contribution in [1.29, 1.82) is 5.41 Å². The van der Waals surface area contributed by atoms with Crippen molar-refractivity contribution >= 4 is 17.5 Å². The molecule has 0 spiro atoms. The number of benzene rings is 1. The maximum Gasteiger partial charge on any atom is 0.214 e. The lowest BCUT2D eigenvalue weighted by atomic mass is 10.1. The van der Waals surface area contributed by atoms with Gasteiger partial charge in [0.1, 0.15) is 6.61 Å². The minimum Gasteiger partial charge on any atom is -0.473 e. The summed E-state index contributed by atoms with van der Waals surface area (Å²) in [6.07, 6.45) is 0. The normalized spacial score (nSPS) is 14.5. The first-order valence-electron chi connectivity index (χ1n) is 3.28. The lowest BCUT2D eigenvalue weighted by Gasteiger charge is -1.95. The molecule has 0 unspecified atom stereocenters. The van der Waals surface area contributed by atoms with Gasteiger partial charge in [-0.05, 0) is 12.1 Å². The number of hydrogen-bond acceptors (Lipinski definition) is 2. The van der Waals surface area contributed by atoms with E-state index in [1.165, 1.54) is 0 Å². The van der Waals surface area contributed by atoms with Crippen molar-refractivity contribution in [3.63, 3.8) is 0 Å². The zero-order chi connectivity index (χ0) is 7.84. The molecule has 0 radical (unpaired) electrons. The number of fused-ring (bicyclic) bond motifs is 1. The van der Waals surface area contributed by atoms with Gasteiger partial charge in [-0.25, -0.2) is 0 Å². The average molecular weight is 168 g/mol. The van der Waals surface area contributed by atoms with Gasteiger partial charge in [0.2, 0.25) is 5.90 Å². The summed E-state index contributed by atoms with van der Waals surface area (Å²) in [5.74, 6) is 0.225. The third kappa shape index (κ3) is 0.906. The highest BCUT2D eigenvalue weighted by atomic mass is 35.5. The summed E-state index contributed by atoms with van der Waals surface area (Å²) < 4.78 is 5.00. The van der Waals surface area contributed by atoms with Crippen LogP contribution in [0.5, 0.6) is 0 Å². The Kier molecular flexibility index (Phi) is 1.36. The fourth-order valence-electron chi connectivity index (χ4n) is 1.14. The summed E-state index contributed by atoms with van der Waals surface area (Å²) in [5, 5.41) is 8.03. The Hall–Kier alpha value is -1.02. The second-order valence-electron chi connectivity index (χ2n) is 2.38. The maximum absolute atomic E-state index is 7.35. The van der Waals surface area contributed by atoms with Crippen LogP contribution >= 0.6 is 11.6 Å². The predicted molar refractivity (Wildman–Crippen MR) is 43.1 cm³/mol. The zero-order valence-corrected chi connectivity index (χ0v) is 6.48. The summed E-state index contributed by atoms with van der Waals surface area (Å²) >= 11 is 5.86. The molecule has 0 fully saturated rings. The maximum atomic E-state index is 7.35. The van der Waals surface area contributed by atoms with Crippen LogP contribution in [0.4, 0.5) is 0 Å².